The van der Waals surface area contributed by atoms with Gasteiger partial charge in [-0.15, -0.1) is 0 Å². The van der Waals surface area contributed by atoms with Gasteiger partial charge in [-0.1, -0.05) is 6.08 Å². The van der Waals surface area contributed by atoms with Crippen molar-refractivity contribution in [3.8, 4) is 6.07 Å². The minimum Gasteiger partial charge on any atom is -0.325 e. The molecule has 0 spiro atoms. The monoisotopic (exact) mass is 227 g/mol. The largest absolute Gasteiger partial charge is 0.325 e. The van der Waals surface area contributed by atoms with Crippen molar-refractivity contribution in [3.63, 3.8) is 0 Å². The van der Waals surface area contributed by atoms with Gasteiger partial charge in [-0.25, -0.2) is 0 Å². The number of nitrogens with one attached hydrogen (secondary N) is 1. The fraction of sp³-hybridized carbons (Fsp3) is 0.154. The van der Waals surface area contributed by atoms with Gasteiger partial charge in [-0.2, -0.15) is 5.26 Å². The standard InChI is InChI=1S/C13H13N3O/c1-4-10(5-6-15-3)11-7-9(2)16-13(17)12(11)8-14/h4-7H,3H2,1-2H3,(H,16,17)/b6-5-,10-4+. The molecule has 0 fully saturated rings. The lowest BCUT2D eigenvalue weighted by Crippen LogP contribution is -2.13. The Bertz CT molecular complexity index is 586. The van der Waals surface area contributed by atoms with E-state index < -0.39 is 0 Å². The molecule has 1 aromatic heterocycles. The van der Waals surface area contributed by atoms with Crippen molar-refractivity contribution in [2.24, 2.45) is 4.99 Å². The molecule has 86 valence electrons. The molecule has 4 heteroatoms. The van der Waals surface area contributed by atoms with Gasteiger partial charge < -0.3 is 4.98 Å². The molecular weight excluding hydrogens is 214 g/mol. The Labute approximate surface area is 99.6 Å². The summed E-state index contributed by atoms with van der Waals surface area (Å²) in [7, 11) is 0. The molecule has 4 nitrogen and oxygen atoms in total. The molecule has 0 saturated carbocycles. The molecular formula is C13H13N3O. The van der Waals surface area contributed by atoms with E-state index in [0.717, 1.165) is 5.57 Å². The van der Waals surface area contributed by atoms with Gasteiger partial charge in [0.05, 0.1) is 0 Å². The first-order valence-corrected chi connectivity index (χ1v) is 5.07. The lowest BCUT2D eigenvalue weighted by molar-refractivity contribution is 1.12. The Kier molecular flexibility index (Phi) is 4.18. The predicted molar refractivity (Wildman–Crippen MR) is 68.9 cm³/mol. The maximum absolute atomic E-state index is 11.6. The normalized spacial score (nSPS) is 11.5. The number of H-pyrrole nitrogens is 1. The third-order valence-corrected chi connectivity index (χ3v) is 2.26. The second-order valence-corrected chi connectivity index (χ2v) is 3.42. The van der Waals surface area contributed by atoms with Gasteiger partial charge in [0.15, 0.2) is 0 Å². The smallest absolute Gasteiger partial charge is 0.266 e. The number of aromatic amines is 1. The lowest BCUT2D eigenvalue weighted by atomic mass is 10.0. The average molecular weight is 227 g/mol. The first-order valence-electron chi connectivity index (χ1n) is 5.07. The summed E-state index contributed by atoms with van der Waals surface area (Å²) in [4.78, 5) is 17.8. The van der Waals surface area contributed by atoms with E-state index in [1.165, 1.54) is 6.20 Å². The number of allylic oxidation sites excluding steroid dienone is 3. The van der Waals surface area contributed by atoms with Crippen molar-refractivity contribution in [2.75, 3.05) is 0 Å². The Balaban J connectivity index is 3.49. The fourth-order valence-electron chi connectivity index (χ4n) is 1.50. The summed E-state index contributed by atoms with van der Waals surface area (Å²) in [6.45, 7) is 6.95. The SMILES string of the molecule is C=N/C=C\C(=C/C)c1cc(C)[nH]c(=O)c1C#N. The third kappa shape index (κ3) is 2.79. The van der Waals surface area contributed by atoms with Crippen LogP contribution in [0.3, 0.4) is 0 Å². The Morgan fingerprint density at radius 1 is 1.65 bits per heavy atom. The molecule has 1 N–H and O–H groups in total. The maximum atomic E-state index is 11.6. The summed E-state index contributed by atoms with van der Waals surface area (Å²) in [5, 5.41) is 9.00. The summed E-state index contributed by atoms with van der Waals surface area (Å²) in [5.41, 5.74) is 1.82. The van der Waals surface area contributed by atoms with Gasteiger partial charge in [0.25, 0.3) is 5.56 Å². The van der Waals surface area contributed by atoms with Crippen LogP contribution in [-0.2, 0) is 0 Å². The molecule has 0 aliphatic rings. The number of rotatable bonds is 3. The zero-order chi connectivity index (χ0) is 12.8. The molecule has 0 saturated heterocycles. The number of nitrogens with zero attached hydrogens (tertiary/aromatic N) is 2. The van der Waals surface area contributed by atoms with Crippen molar-refractivity contribution < 1.29 is 0 Å². The molecule has 0 atom stereocenters. The van der Waals surface area contributed by atoms with Gasteiger partial charge >= 0.3 is 0 Å². The summed E-state index contributed by atoms with van der Waals surface area (Å²) >= 11 is 0. The van der Waals surface area contributed by atoms with Gasteiger partial charge in [0, 0.05) is 17.5 Å². The summed E-state index contributed by atoms with van der Waals surface area (Å²) < 4.78 is 0. The van der Waals surface area contributed by atoms with Gasteiger partial charge in [0.2, 0.25) is 0 Å². The van der Waals surface area contributed by atoms with E-state index >= 15 is 0 Å². The van der Waals surface area contributed by atoms with Crippen molar-refractivity contribution in [1.29, 1.82) is 5.26 Å². The van der Waals surface area contributed by atoms with Crippen LogP contribution in [0.15, 0.2) is 34.2 Å². The van der Waals surface area contributed by atoms with Crippen LogP contribution in [-0.4, -0.2) is 11.7 Å². The molecule has 1 rings (SSSR count). The van der Waals surface area contributed by atoms with Crippen LogP contribution in [0, 0.1) is 18.3 Å². The number of aromatic nitrogens is 1. The van der Waals surface area contributed by atoms with Crippen molar-refractivity contribution in [1.82, 2.24) is 4.98 Å². The number of aliphatic imine (C=N–C) groups is 1. The zero-order valence-corrected chi connectivity index (χ0v) is 9.82. The van der Waals surface area contributed by atoms with Crippen molar-refractivity contribution >= 4 is 12.3 Å². The minimum atomic E-state index is -0.373. The Morgan fingerprint density at radius 3 is 2.88 bits per heavy atom. The lowest BCUT2D eigenvalue weighted by Gasteiger charge is -2.05. The van der Waals surface area contributed by atoms with Crippen molar-refractivity contribution in [2.45, 2.75) is 13.8 Å². The van der Waals surface area contributed by atoms with E-state index in [1.807, 2.05) is 19.1 Å². The second-order valence-electron chi connectivity index (χ2n) is 3.42. The highest BCUT2D eigenvalue weighted by Gasteiger charge is 2.09. The Hall–Kier alpha value is -2.41. The quantitative estimate of drug-likeness (QED) is 0.635. The minimum absolute atomic E-state index is 0.109. The molecule has 17 heavy (non-hydrogen) atoms. The van der Waals surface area contributed by atoms with Crippen LogP contribution in [0.5, 0.6) is 0 Å². The molecule has 0 radical (unpaired) electrons. The number of hydrogen-bond acceptors (Lipinski definition) is 3. The molecule has 1 heterocycles. The van der Waals surface area contributed by atoms with E-state index in [1.54, 1.807) is 19.1 Å². The maximum Gasteiger partial charge on any atom is 0.266 e. The van der Waals surface area contributed by atoms with Crippen LogP contribution in [0.25, 0.3) is 5.57 Å². The van der Waals surface area contributed by atoms with Gasteiger partial charge in [0.1, 0.15) is 11.6 Å². The predicted octanol–water partition coefficient (Wildman–Crippen LogP) is 2.17. The van der Waals surface area contributed by atoms with E-state index in [-0.39, 0.29) is 11.1 Å². The van der Waals surface area contributed by atoms with Crippen molar-refractivity contribution in [3.05, 3.63) is 51.6 Å². The molecule has 0 amide bonds. The van der Waals surface area contributed by atoms with E-state index in [4.69, 9.17) is 5.26 Å². The van der Waals surface area contributed by atoms with Crippen LogP contribution < -0.4 is 5.56 Å². The molecule has 0 bridgehead atoms. The zero-order valence-electron chi connectivity index (χ0n) is 9.82. The first kappa shape index (κ1) is 12.7. The molecule has 0 aliphatic heterocycles. The summed E-state index contributed by atoms with van der Waals surface area (Å²) in [6, 6.07) is 3.68. The number of hydrogen-bond donors (Lipinski definition) is 1. The highest BCUT2D eigenvalue weighted by atomic mass is 16.1. The number of aryl methyl sites for hydroxylation is 1. The molecule has 0 unspecified atom stereocenters. The van der Waals surface area contributed by atoms with Crippen LogP contribution in [0.2, 0.25) is 0 Å². The Morgan fingerprint density at radius 2 is 2.35 bits per heavy atom. The van der Waals surface area contributed by atoms with Crippen LogP contribution in [0.4, 0.5) is 0 Å². The van der Waals surface area contributed by atoms with E-state index in [0.29, 0.717) is 11.3 Å². The van der Waals surface area contributed by atoms with Crippen LogP contribution >= 0.6 is 0 Å². The second kappa shape index (κ2) is 5.61. The summed E-state index contributed by atoms with van der Waals surface area (Å²) in [6.07, 6.45) is 5.05. The summed E-state index contributed by atoms with van der Waals surface area (Å²) in [5.74, 6) is 0. The van der Waals surface area contributed by atoms with Crippen LogP contribution in [0.1, 0.15) is 23.7 Å². The fourth-order valence-corrected chi connectivity index (χ4v) is 1.50. The average Bonchev–Trinajstić information content (AvgIpc) is 2.29. The molecule has 0 aliphatic carbocycles. The molecule has 0 aromatic carbocycles. The number of nitriles is 1. The highest BCUT2D eigenvalue weighted by molar-refractivity contribution is 5.77. The van der Waals surface area contributed by atoms with Gasteiger partial charge in [-0.3, -0.25) is 9.79 Å². The molecule has 1 aromatic rings. The number of pyridine rings is 1. The van der Waals surface area contributed by atoms with E-state index in [9.17, 15) is 4.79 Å². The highest BCUT2D eigenvalue weighted by Crippen LogP contribution is 2.18. The van der Waals surface area contributed by atoms with E-state index in [2.05, 4.69) is 16.7 Å². The van der Waals surface area contributed by atoms with Gasteiger partial charge in [-0.05, 0) is 38.3 Å². The first-order chi connectivity index (χ1) is 8.13. The topological polar surface area (TPSA) is 69.0 Å². The third-order valence-electron chi connectivity index (χ3n) is 2.26.